The van der Waals surface area contributed by atoms with Crippen molar-refractivity contribution in [3.63, 3.8) is 0 Å². The van der Waals surface area contributed by atoms with Crippen LogP contribution in [0.2, 0.25) is 0 Å². The average Bonchev–Trinajstić information content (AvgIpc) is 2.13. The van der Waals surface area contributed by atoms with Gasteiger partial charge in [-0.2, -0.15) is 12.8 Å². The fraction of sp³-hybridized carbons (Fsp3) is 0.857. The predicted molar refractivity (Wildman–Crippen MR) is 75.5 cm³/mol. The zero-order valence-corrected chi connectivity index (χ0v) is 16.0. The maximum absolute atomic E-state index is 3.85. The normalized spacial score (nSPS) is 10.6. The van der Waals surface area contributed by atoms with Crippen LogP contribution in [0.5, 0.6) is 0 Å². The van der Waals surface area contributed by atoms with Gasteiger partial charge < -0.3 is 23.6 Å². The summed E-state index contributed by atoms with van der Waals surface area (Å²) in [6.07, 6.45) is 2.02. The third-order valence-electron chi connectivity index (χ3n) is 2.35. The van der Waals surface area contributed by atoms with E-state index >= 15 is 0 Å². The molecule has 0 aliphatic heterocycles. The van der Waals surface area contributed by atoms with Crippen molar-refractivity contribution in [2.24, 2.45) is 0 Å². The molecule has 0 spiro atoms. The fourth-order valence-corrected chi connectivity index (χ4v) is 1.61. The maximum Gasteiger partial charge on any atom is 2.00 e. The summed E-state index contributed by atoms with van der Waals surface area (Å²) < 4.78 is 0. The minimum absolute atomic E-state index is 0. The summed E-state index contributed by atoms with van der Waals surface area (Å²) in [5.41, 5.74) is 0. The molecule has 0 bridgehead atoms. The van der Waals surface area contributed by atoms with Gasteiger partial charge in [0.15, 0.2) is 0 Å². The molecule has 0 amide bonds. The van der Waals surface area contributed by atoms with E-state index in [1.165, 1.54) is 0 Å². The van der Waals surface area contributed by atoms with E-state index in [0.29, 0.717) is 12.1 Å². The molecular formula is C14H32N2Zn. The first kappa shape index (κ1) is 22.7. The Labute approximate surface area is 123 Å². The molecule has 0 rings (SSSR count). The molecule has 0 saturated heterocycles. The third kappa shape index (κ3) is 16.5. The van der Waals surface area contributed by atoms with Crippen LogP contribution in [-0.2, 0) is 19.5 Å². The molecule has 0 aromatic rings. The summed E-state index contributed by atoms with van der Waals surface area (Å²) >= 11 is 0. The summed E-state index contributed by atoms with van der Waals surface area (Å²) in [5, 5.41) is 0. The van der Waals surface area contributed by atoms with Crippen LogP contribution >= 0.6 is 0 Å². The van der Waals surface area contributed by atoms with Crippen LogP contribution in [0.4, 0.5) is 0 Å². The summed E-state index contributed by atoms with van der Waals surface area (Å²) in [5.74, 6) is 0. The van der Waals surface area contributed by atoms with Gasteiger partial charge in [0.05, 0.1) is 0 Å². The van der Waals surface area contributed by atoms with Crippen molar-refractivity contribution in [2.75, 3.05) is 27.2 Å². The molecule has 0 aliphatic rings. The second-order valence-electron chi connectivity index (χ2n) is 4.94. The Morgan fingerprint density at radius 3 is 1.24 bits per heavy atom. The Morgan fingerprint density at radius 1 is 0.824 bits per heavy atom. The molecule has 0 N–H and O–H groups in total. The zero-order valence-electron chi connectivity index (χ0n) is 13.0. The average molecular weight is 294 g/mol. The van der Waals surface area contributed by atoms with Crippen molar-refractivity contribution in [2.45, 2.75) is 52.6 Å². The summed E-state index contributed by atoms with van der Waals surface area (Å²) in [6.45, 7) is 18.7. The van der Waals surface area contributed by atoms with Crippen molar-refractivity contribution in [1.29, 1.82) is 0 Å². The molecule has 3 heteroatoms. The van der Waals surface area contributed by atoms with Crippen LogP contribution in [0.1, 0.15) is 40.5 Å². The summed E-state index contributed by atoms with van der Waals surface area (Å²) in [7, 11) is 4.09. The van der Waals surface area contributed by atoms with Crippen LogP contribution in [0, 0.1) is 13.8 Å². The molecule has 17 heavy (non-hydrogen) atoms. The number of nitrogens with zero attached hydrogens (tertiary/aromatic N) is 2. The topological polar surface area (TPSA) is 6.48 Å². The van der Waals surface area contributed by atoms with E-state index in [0.717, 1.165) is 25.9 Å². The van der Waals surface area contributed by atoms with E-state index in [4.69, 9.17) is 0 Å². The molecule has 0 aliphatic carbocycles. The minimum atomic E-state index is 0. The van der Waals surface area contributed by atoms with Crippen LogP contribution in [0.15, 0.2) is 0 Å². The van der Waals surface area contributed by atoms with Gasteiger partial charge >= 0.3 is 19.5 Å². The van der Waals surface area contributed by atoms with E-state index in [1.54, 1.807) is 0 Å². The van der Waals surface area contributed by atoms with Gasteiger partial charge in [-0.15, -0.1) is 0 Å². The molecule has 0 heterocycles. The van der Waals surface area contributed by atoms with E-state index in [-0.39, 0.29) is 19.5 Å². The van der Waals surface area contributed by atoms with E-state index < -0.39 is 0 Å². The van der Waals surface area contributed by atoms with Gasteiger partial charge in [-0.05, 0) is 54.9 Å². The molecule has 100 valence electrons. The Kier molecular flexibility index (Phi) is 19.5. The van der Waals surface area contributed by atoms with Gasteiger partial charge in [-0.1, -0.05) is 0 Å². The van der Waals surface area contributed by atoms with Gasteiger partial charge in [-0.3, -0.25) is 0 Å². The van der Waals surface area contributed by atoms with Crippen molar-refractivity contribution >= 4 is 0 Å². The summed E-state index contributed by atoms with van der Waals surface area (Å²) in [6, 6.07) is 1.31. The standard InChI is InChI=1S/C9H20N.C5H12N.Zn/c1-6-7-10(8(2)3)9(4)5;1-4-5-6(2)3;/h8-9H,1,6-7H2,2-5H3;1,4-5H2,2-3H3;/q2*-1;+2. The quantitative estimate of drug-likeness (QED) is 0.548. The molecule has 2 nitrogen and oxygen atoms in total. The van der Waals surface area contributed by atoms with Gasteiger partial charge in [0.25, 0.3) is 0 Å². The van der Waals surface area contributed by atoms with Crippen molar-refractivity contribution in [1.82, 2.24) is 9.80 Å². The Morgan fingerprint density at radius 2 is 1.18 bits per heavy atom. The fourth-order valence-electron chi connectivity index (χ4n) is 1.61. The van der Waals surface area contributed by atoms with Gasteiger partial charge in [0.2, 0.25) is 0 Å². The number of hydrogen-bond acceptors (Lipinski definition) is 2. The molecule has 0 aromatic carbocycles. The van der Waals surface area contributed by atoms with Gasteiger partial charge in [-0.25, -0.2) is 0 Å². The zero-order chi connectivity index (χ0) is 13.1. The second kappa shape index (κ2) is 14.6. The minimum Gasteiger partial charge on any atom is -0.342 e. The number of hydrogen-bond donors (Lipinski definition) is 0. The van der Waals surface area contributed by atoms with Crippen LogP contribution in [-0.4, -0.2) is 49.1 Å². The smallest absolute Gasteiger partial charge is 0.342 e. The van der Waals surface area contributed by atoms with E-state index in [9.17, 15) is 0 Å². The molecule has 0 unspecified atom stereocenters. The van der Waals surface area contributed by atoms with Crippen molar-refractivity contribution in [3.8, 4) is 0 Å². The summed E-state index contributed by atoms with van der Waals surface area (Å²) in [4.78, 5) is 4.57. The number of rotatable bonds is 6. The Hall–Kier alpha value is 0.543. The van der Waals surface area contributed by atoms with Gasteiger partial charge in [0.1, 0.15) is 0 Å². The van der Waals surface area contributed by atoms with Crippen LogP contribution < -0.4 is 0 Å². The molecule has 0 aromatic heterocycles. The monoisotopic (exact) mass is 292 g/mol. The van der Waals surface area contributed by atoms with E-state index in [1.807, 2.05) is 14.1 Å². The second-order valence-corrected chi connectivity index (χ2v) is 4.94. The van der Waals surface area contributed by atoms with Crippen molar-refractivity contribution in [3.05, 3.63) is 13.8 Å². The molecule has 0 atom stereocenters. The molecule has 0 fully saturated rings. The van der Waals surface area contributed by atoms with Gasteiger partial charge in [0, 0.05) is 12.1 Å². The first-order valence-electron chi connectivity index (χ1n) is 6.35. The Balaban J connectivity index is -0.000000244. The first-order valence-corrected chi connectivity index (χ1v) is 6.35. The third-order valence-corrected chi connectivity index (χ3v) is 2.35. The molecular weight excluding hydrogens is 262 g/mol. The van der Waals surface area contributed by atoms with Crippen molar-refractivity contribution < 1.29 is 19.5 Å². The predicted octanol–water partition coefficient (Wildman–Crippen LogP) is 3.10. The van der Waals surface area contributed by atoms with Crippen LogP contribution in [0.3, 0.4) is 0 Å². The largest absolute Gasteiger partial charge is 2.00 e. The SMILES string of the molecule is [CH2-]CCN(C(C)C)C(C)C.[CH2-]CCN(C)C.[Zn+2]. The van der Waals surface area contributed by atoms with E-state index in [2.05, 4.69) is 51.3 Å². The first-order chi connectivity index (χ1) is 7.36. The Bertz CT molecular complexity index is 128. The van der Waals surface area contributed by atoms with Crippen LogP contribution in [0.25, 0.3) is 0 Å². The maximum atomic E-state index is 3.85. The molecule has 0 saturated carbocycles. The molecule has 0 radical (unpaired) electrons.